The number of nitrogens with zero attached hydrogens (tertiary/aromatic N) is 2. The molecule has 0 aliphatic heterocycles. The summed E-state index contributed by atoms with van der Waals surface area (Å²) in [7, 11) is 6.74. The van der Waals surface area contributed by atoms with Crippen LogP contribution in [-0.4, -0.2) is 8.97 Å². The molecule has 32 heavy (non-hydrogen) atoms. The van der Waals surface area contributed by atoms with E-state index in [9.17, 15) is 0 Å². The van der Waals surface area contributed by atoms with Gasteiger partial charge in [0.2, 0.25) is 0 Å². The average molecular weight is 538 g/mol. The quantitative estimate of drug-likeness (QED) is 0.231. The van der Waals surface area contributed by atoms with E-state index < -0.39 is 0 Å². The van der Waals surface area contributed by atoms with Crippen LogP contribution in [0.5, 0.6) is 0 Å². The van der Waals surface area contributed by atoms with Gasteiger partial charge in [-0.1, -0.05) is 0 Å². The van der Waals surface area contributed by atoms with E-state index in [2.05, 4.69) is 112 Å². The molecule has 171 valence electrons. The molecule has 0 fully saturated rings. The molecular formula is C28H32ClN2Pd. The summed E-state index contributed by atoms with van der Waals surface area (Å²) in [6, 6.07) is 17.8. The number of pyridine rings is 1. The van der Waals surface area contributed by atoms with Crippen LogP contribution < -0.4 is 0 Å². The fraction of sp³-hybridized carbons (Fsp3) is 0.321. The molecule has 4 rings (SSSR count). The van der Waals surface area contributed by atoms with Crippen LogP contribution in [0.15, 0.2) is 54.7 Å². The van der Waals surface area contributed by atoms with Crippen LogP contribution in [-0.2, 0) is 16.5 Å². The topological polar surface area (TPSA) is 9.34 Å². The molecule has 0 saturated heterocycles. The number of para-hydroxylation sites is 1. The van der Waals surface area contributed by atoms with E-state index in [1.807, 2.05) is 0 Å². The Morgan fingerprint density at radius 2 is 1.38 bits per heavy atom. The van der Waals surface area contributed by atoms with E-state index in [0.717, 1.165) is 3.89 Å². The monoisotopic (exact) mass is 537 g/mol. The molecule has 4 aromatic rings. The van der Waals surface area contributed by atoms with Crippen molar-refractivity contribution in [3.63, 3.8) is 0 Å². The van der Waals surface area contributed by atoms with Crippen LogP contribution in [0.1, 0.15) is 67.3 Å². The first-order chi connectivity index (χ1) is 15.2. The minimum atomic E-state index is -0.0860. The van der Waals surface area contributed by atoms with Gasteiger partial charge < -0.3 is 0 Å². The van der Waals surface area contributed by atoms with Gasteiger partial charge in [-0.25, -0.2) is 0 Å². The number of hydrogen-bond donors (Lipinski definition) is 0. The molecule has 4 heteroatoms. The Morgan fingerprint density at radius 1 is 0.812 bits per heavy atom. The Bertz CT molecular complexity index is 1320. The number of hydrogen-bond acceptors (Lipinski definition) is 0. The van der Waals surface area contributed by atoms with Gasteiger partial charge in [-0.2, -0.15) is 0 Å². The standard InChI is InChI=1S/C28H32N2.ClH.Pd/c1-18(2)24-11-9-12-25(19(3)4)28(24)29-16-23-10-8-13-26(30(23)17-29)27-21(6)14-20(5)15-22(27)7;;/h8-16,18-19H,1-7H3;1H;/q;;+1/p-1. The number of halogens is 1. The number of imidazole rings is 1. The number of rotatable bonds is 4. The van der Waals surface area contributed by atoms with Gasteiger partial charge in [0.25, 0.3) is 0 Å². The molecule has 0 unspecified atom stereocenters. The van der Waals surface area contributed by atoms with E-state index in [0.29, 0.717) is 11.8 Å². The molecule has 2 heterocycles. The SMILES string of the molecule is Cc1cc(C)c(-c2cccc3cn(-c4c(C(C)C)cccc4C(C)C)[c](=[Pd][Cl])n23)c(C)c1. The van der Waals surface area contributed by atoms with Gasteiger partial charge in [0.1, 0.15) is 0 Å². The van der Waals surface area contributed by atoms with Gasteiger partial charge >= 0.3 is 204 Å². The Kier molecular flexibility index (Phi) is 6.64. The van der Waals surface area contributed by atoms with E-state index in [1.54, 1.807) is 0 Å². The predicted octanol–water partition coefficient (Wildman–Crippen LogP) is 8.34. The second-order valence-electron chi connectivity index (χ2n) is 9.34. The van der Waals surface area contributed by atoms with Gasteiger partial charge in [-0.05, 0) is 0 Å². The van der Waals surface area contributed by atoms with Crippen molar-refractivity contribution in [2.45, 2.75) is 60.3 Å². The van der Waals surface area contributed by atoms with E-state index in [4.69, 9.17) is 9.53 Å². The molecule has 0 saturated carbocycles. The fourth-order valence-corrected chi connectivity index (χ4v) is 6.47. The zero-order valence-electron chi connectivity index (χ0n) is 19.9. The minimum absolute atomic E-state index is 0.0860. The van der Waals surface area contributed by atoms with Crippen LogP contribution in [0.4, 0.5) is 0 Å². The molecule has 0 spiro atoms. The fourth-order valence-electron chi connectivity index (χ4n) is 4.88. The summed E-state index contributed by atoms with van der Waals surface area (Å²) in [4.78, 5) is 0. The molecule has 0 atom stereocenters. The third-order valence-corrected chi connectivity index (χ3v) is 7.82. The Labute approximate surface area is 203 Å². The molecule has 0 radical (unpaired) electrons. The van der Waals surface area contributed by atoms with Crippen molar-refractivity contribution in [1.82, 2.24) is 8.97 Å². The van der Waals surface area contributed by atoms with Gasteiger partial charge in [0.15, 0.2) is 0 Å². The van der Waals surface area contributed by atoms with Crippen molar-refractivity contribution in [3.8, 4) is 16.9 Å². The summed E-state index contributed by atoms with van der Waals surface area (Å²) in [5.74, 6) is 0.851. The first-order valence-corrected chi connectivity index (χ1v) is 14.0. The molecule has 2 nitrogen and oxygen atoms in total. The van der Waals surface area contributed by atoms with Crippen molar-refractivity contribution < 1.29 is 16.5 Å². The summed E-state index contributed by atoms with van der Waals surface area (Å²) < 4.78 is 5.87. The molecular weight excluding hydrogens is 506 g/mol. The Hall–Kier alpha value is -1.92. The van der Waals surface area contributed by atoms with Crippen LogP contribution in [0, 0.1) is 24.7 Å². The van der Waals surface area contributed by atoms with Crippen molar-refractivity contribution in [1.29, 1.82) is 0 Å². The summed E-state index contributed by atoms with van der Waals surface area (Å²) in [5, 5.41) is 0. The normalized spacial score (nSPS) is 13.0. The average Bonchev–Trinajstić information content (AvgIpc) is 3.11. The molecule has 0 amide bonds. The second kappa shape index (κ2) is 9.14. The first kappa shape index (κ1) is 23.2. The summed E-state index contributed by atoms with van der Waals surface area (Å²) in [6.07, 6.45) is 2.27. The number of aromatic nitrogens is 2. The number of aryl methyl sites for hydroxylation is 3. The summed E-state index contributed by atoms with van der Waals surface area (Å²) in [5.41, 5.74) is 11.6. The molecule has 2 aromatic carbocycles. The number of fused-ring (bicyclic) bond motifs is 1. The summed E-state index contributed by atoms with van der Waals surface area (Å²) >= 11 is -0.0860. The van der Waals surface area contributed by atoms with Gasteiger partial charge in [0.05, 0.1) is 0 Å². The van der Waals surface area contributed by atoms with E-state index >= 15 is 0 Å². The van der Waals surface area contributed by atoms with Crippen molar-refractivity contribution in [2.75, 3.05) is 0 Å². The molecule has 0 bridgehead atoms. The zero-order chi connectivity index (χ0) is 23.2. The number of benzene rings is 2. The molecule has 0 aliphatic rings. The Morgan fingerprint density at radius 3 is 1.91 bits per heavy atom. The van der Waals surface area contributed by atoms with Crippen LogP contribution in [0.2, 0.25) is 0 Å². The van der Waals surface area contributed by atoms with Crippen molar-refractivity contribution in [2.24, 2.45) is 0 Å². The van der Waals surface area contributed by atoms with Crippen LogP contribution in [0.3, 0.4) is 0 Å². The van der Waals surface area contributed by atoms with Gasteiger partial charge in [-0.3, -0.25) is 0 Å². The first-order valence-electron chi connectivity index (χ1n) is 11.2. The maximum absolute atomic E-state index is 6.74. The molecule has 0 aliphatic carbocycles. The zero-order valence-corrected chi connectivity index (χ0v) is 22.3. The van der Waals surface area contributed by atoms with Crippen LogP contribution in [0.25, 0.3) is 22.5 Å². The Balaban J connectivity index is 2.14. The van der Waals surface area contributed by atoms with E-state index in [1.165, 1.54) is 50.3 Å². The second-order valence-corrected chi connectivity index (χ2v) is 11.0. The third kappa shape index (κ3) is 3.96. The molecule has 2 aromatic heterocycles. The van der Waals surface area contributed by atoms with Gasteiger partial charge in [0, 0.05) is 0 Å². The van der Waals surface area contributed by atoms with Crippen LogP contribution >= 0.6 is 9.53 Å². The van der Waals surface area contributed by atoms with Crippen molar-refractivity contribution in [3.05, 3.63) is 86.4 Å². The predicted molar refractivity (Wildman–Crippen MR) is 134 cm³/mol. The van der Waals surface area contributed by atoms with E-state index in [-0.39, 0.29) is 16.5 Å². The summed E-state index contributed by atoms with van der Waals surface area (Å²) in [6.45, 7) is 15.7. The van der Waals surface area contributed by atoms with Gasteiger partial charge in [-0.15, -0.1) is 0 Å². The maximum atomic E-state index is 6.74. The van der Waals surface area contributed by atoms with Crippen molar-refractivity contribution >= 4 is 15.0 Å². The molecule has 0 N–H and O–H groups in total. The third-order valence-electron chi connectivity index (χ3n) is 6.21.